The molecule has 124 valence electrons. The van der Waals surface area contributed by atoms with Gasteiger partial charge < -0.3 is 14.6 Å². The molecule has 1 N–H and O–H groups in total. The van der Waals surface area contributed by atoms with E-state index in [0.717, 1.165) is 16.3 Å². The summed E-state index contributed by atoms with van der Waals surface area (Å²) >= 11 is 6.06. The van der Waals surface area contributed by atoms with Crippen molar-refractivity contribution in [1.29, 1.82) is 0 Å². The van der Waals surface area contributed by atoms with E-state index in [-0.39, 0.29) is 13.2 Å². The first-order valence-electron chi connectivity index (χ1n) is 7.65. The summed E-state index contributed by atoms with van der Waals surface area (Å²) in [5.74, 6) is 1.25. The summed E-state index contributed by atoms with van der Waals surface area (Å²) in [7, 11) is 0. The van der Waals surface area contributed by atoms with Crippen LogP contribution in [-0.2, 0) is 0 Å². The molecule has 0 saturated carbocycles. The standard InChI is InChI=1S/C19H18ClNO3/c1-13-2-5-18(20)19(8-13)24-12-16(22)11-23-17-4-3-14-6-7-21-10-15(14)9-17/h2-10,16,22H,11-12H2,1H3. The van der Waals surface area contributed by atoms with Gasteiger partial charge in [0.05, 0.1) is 5.02 Å². The molecule has 0 saturated heterocycles. The Morgan fingerprint density at radius 1 is 1.04 bits per heavy atom. The predicted molar refractivity (Wildman–Crippen MR) is 94.9 cm³/mol. The minimum atomic E-state index is -0.758. The lowest BCUT2D eigenvalue weighted by molar-refractivity contribution is 0.0627. The normalized spacial score (nSPS) is 12.1. The third kappa shape index (κ3) is 4.16. The number of hydrogen-bond acceptors (Lipinski definition) is 4. The van der Waals surface area contributed by atoms with Crippen molar-refractivity contribution in [2.24, 2.45) is 0 Å². The molecule has 1 heterocycles. The number of ether oxygens (including phenoxy) is 2. The van der Waals surface area contributed by atoms with E-state index in [4.69, 9.17) is 21.1 Å². The van der Waals surface area contributed by atoms with Gasteiger partial charge in [-0.3, -0.25) is 4.98 Å². The summed E-state index contributed by atoms with van der Waals surface area (Å²) in [4.78, 5) is 4.09. The number of nitrogens with zero attached hydrogens (tertiary/aromatic N) is 1. The average molecular weight is 344 g/mol. The first-order chi connectivity index (χ1) is 11.6. The van der Waals surface area contributed by atoms with Gasteiger partial charge in [0.2, 0.25) is 0 Å². The van der Waals surface area contributed by atoms with Gasteiger partial charge in [0.1, 0.15) is 30.8 Å². The molecule has 0 spiro atoms. The molecule has 0 amide bonds. The summed E-state index contributed by atoms with van der Waals surface area (Å²) in [6.45, 7) is 2.20. The number of fused-ring (bicyclic) bond motifs is 1. The lowest BCUT2D eigenvalue weighted by Gasteiger charge is -2.15. The SMILES string of the molecule is Cc1ccc(Cl)c(OCC(O)COc2ccc3ccncc3c2)c1. The van der Waals surface area contributed by atoms with Crippen LogP contribution in [-0.4, -0.2) is 29.4 Å². The molecular formula is C19H18ClNO3. The molecule has 0 radical (unpaired) electrons. The Hall–Kier alpha value is -2.30. The zero-order valence-electron chi connectivity index (χ0n) is 13.3. The van der Waals surface area contributed by atoms with E-state index in [2.05, 4.69) is 4.98 Å². The first kappa shape index (κ1) is 16.6. The number of pyridine rings is 1. The van der Waals surface area contributed by atoms with Crippen LogP contribution in [0.2, 0.25) is 5.02 Å². The zero-order valence-corrected chi connectivity index (χ0v) is 14.0. The number of aliphatic hydroxyl groups excluding tert-OH is 1. The monoisotopic (exact) mass is 343 g/mol. The fourth-order valence-corrected chi connectivity index (χ4v) is 2.47. The molecule has 2 aromatic carbocycles. The van der Waals surface area contributed by atoms with Crippen molar-refractivity contribution in [3.05, 3.63) is 65.4 Å². The molecule has 0 aliphatic carbocycles. The number of hydrogen-bond donors (Lipinski definition) is 1. The summed E-state index contributed by atoms with van der Waals surface area (Å²) in [6, 6.07) is 13.2. The number of aliphatic hydroxyl groups is 1. The van der Waals surface area contributed by atoms with Crippen LogP contribution in [0.3, 0.4) is 0 Å². The molecule has 1 atom stereocenters. The molecule has 0 bridgehead atoms. The molecule has 5 heteroatoms. The van der Waals surface area contributed by atoms with Crippen molar-refractivity contribution in [2.45, 2.75) is 13.0 Å². The fourth-order valence-electron chi connectivity index (χ4n) is 2.30. The zero-order chi connectivity index (χ0) is 16.9. The average Bonchev–Trinajstić information content (AvgIpc) is 2.60. The summed E-state index contributed by atoms with van der Waals surface area (Å²) in [5, 5.41) is 12.6. The third-order valence-corrected chi connectivity index (χ3v) is 3.88. The van der Waals surface area contributed by atoms with Gasteiger partial charge in [0.25, 0.3) is 0 Å². The maximum absolute atomic E-state index is 10.0. The largest absolute Gasteiger partial charge is 0.491 e. The van der Waals surface area contributed by atoms with Crippen LogP contribution in [0.25, 0.3) is 10.8 Å². The van der Waals surface area contributed by atoms with Crippen molar-refractivity contribution in [3.63, 3.8) is 0 Å². The second-order valence-electron chi connectivity index (χ2n) is 5.59. The lowest BCUT2D eigenvalue weighted by atomic mass is 10.2. The van der Waals surface area contributed by atoms with Crippen LogP contribution in [0.15, 0.2) is 54.9 Å². The summed E-state index contributed by atoms with van der Waals surface area (Å²) in [5.41, 5.74) is 1.05. The van der Waals surface area contributed by atoms with Crippen molar-refractivity contribution >= 4 is 22.4 Å². The van der Waals surface area contributed by atoms with Crippen LogP contribution in [0.4, 0.5) is 0 Å². The molecule has 0 fully saturated rings. The number of aryl methyl sites for hydroxylation is 1. The topological polar surface area (TPSA) is 51.6 Å². The van der Waals surface area contributed by atoms with Gasteiger partial charge in [-0.1, -0.05) is 23.7 Å². The van der Waals surface area contributed by atoms with E-state index >= 15 is 0 Å². The molecule has 1 unspecified atom stereocenters. The molecule has 24 heavy (non-hydrogen) atoms. The van der Waals surface area contributed by atoms with E-state index in [0.29, 0.717) is 16.5 Å². The quantitative estimate of drug-likeness (QED) is 0.734. The van der Waals surface area contributed by atoms with Gasteiger partial charge in [-0.15, -0.1) is 0 Å². The van der Waals surface area contributed by atoms with Crippen molar-refractivity contribution in [3.8, 4) is 11.5 Å². The minimum Gasteiger partial charge on any atom is -0.491 e. The van der Waals surface area contributed by atoms with Crippen LogP contribution in [0.1, 0.15) is 5.56 Å². The third-order valence-electron chi connectivity index (χ3n) is 3.57. The summed E-state index contributed by atoms with van der Waals surface area (Å²) < 4.78 is 11.2. The van der Waals surface area contributed by atoms with Crippen molar-refractivity contribution in [1.82, 2.24) is 4.98 Å². The Balaban J connectivity index is 1.54. The Bertz CT molecular complexity index is 838. The van der Waals surface area contributed by atoms with E-state index in [1.807, 2.05) is 43.3 Å². The highest BCUT2D eigenvalue weighted by Gasteiger charge is 2.09. The number of benzene rings is 2. The van der Waals surface area contributed by atoms with Crippen LogP contribution >= 0.6 is 11.6 Å². The maximum Gasteiger partial charge on any atom is 0.138 e. The molecule has 0 aliphatic rings. The van der Waals surface area contributed by atoms with Crippen LogP contribution in [0, 0.1) is 6.92 Å². The first-order valence-corrected chi connectivity index (χ1v) is 8.03. The minimum absolute atomic E-state index is 0.109. The lowest BCUT2D eigenvalue weighted by Crippen LogP contribution is -2.25. The second kappa shape index (κ2) is 7.51. The van der Waals surface area contributed by atoms with Crippen LogP contribution in [0.5, 0.6) is 11.5 Å². The van der Waals surface area contributed by atoms with E-state index in [1.54, 1.807) is 18.5 Å². The molecule has 3 rings (SSSR count). The van der Waals surface area contributed by atoms with Gasteiger partial charge in [-0.25, -0.2) is 0 Å². The fraction of sp³-hybridized carbons (Fsp3) is 0.211. The number of halogens is 1. The Labute approximate surface area is 145 Å². The van der Waals surface area contributed by atoms with Gasteiger partial charge >= 0.3 is 0 Å². The van der Waals surface area contributed by atoms with Crippen molar-refractivity contribution < 1.29 is 14.6 Å². The van der Waals surface area contributed by atoms with E-state index in [1.165, 1.54) is 0 Å². The smallest absolute Gasteiger partial charge is 0.138 e. The molecule has 1 aromatic heterocycles. The van der Waals surface area contributed by atoms with E-state index < -0.39 is 6.10 Å². The van der Waals surface area contributed by atoms with Gasteiger partial charge in [0, 0.05) is 17.8 Å². The highest BCUT2D eigenvalue weighted by Crippen LogP contribution is 2.25. The maximum atomic E-state index is 10.0. The Morgan fingerprint density at radius 3 is 2.75 bits per heavy atom. The predicted octanol–water partition coefficient (Wildman–Crippen LogP) is 4.02. The summed E-state index contributed by atoms with van der Waals surface area (Å²) in [6.07, 6.45) is 2.77. The van der Waals surface area contributed by atoms with Gasteiger partial charge in [0.15, 0.2) is 0 Å². The second-order valence-corrected chi connectivity index (χ2v) is 6.00. The van der Waals surface area contributed by atoms with Crippen molar-refractivity contribution in [2.75, 3.05) is 13.2 Å². The molecule has 0 aliphatic heterocycles. The highest BCUT2D eigenvalue weighted by molar-refractivity contribution is 6.32. The number of aromatic nitrogens is 1. The molecule has 4 nitrogen and oxygen atoms in total. The Morgan fingerprint density at radius 2 is 1.88 bits per heavy atom. The van der Waals surface area contributed by atoms with E-state index in [9.17, 15) is 5.11 Å². The van der Waals surface area contributed by atoms with Crippen LogP contribution < -0.4 is 9.47 Å². The number of rotatable bonds is 6. The molecular weight excluding hydrogens is 326 g/mol. The van der Waals surface area contributed by atoms with Gasteiger partial charge in [-0.2, -0.15) is 0 Å². The highest BCUT2D eigenvalue weighted by atomic mass is 35.5. The van der Waals surface area contributed by atoms with Gasteiger partial charge in [-0.05, 0) is 48.2 Å². The Kier molecular flexibility index (Phi) is 5.18. The molecule has 3 aromatic rings.